The van der Waals surface area contributed by atoms with Crippen molar-refractivity contribution in [3.05, 3.63) is 0 Å². The van der Waals surface area contributed by atoms with E-state index in [9.17, 15) is 0 Å². The van der Waals surface area contributed by atoms with E-state index in [4.69, 9.17) is 14.6 Å². The highest BCUT2D eigenvalue weighted by Gasteiger charge is 2.27. The summed E-state index contributed by atoms with van der Waals surface area (Å²) in [4.78, 5) is 0. The highest BCUT2D eigenvalue weighted by atomic mass is 28.3. The monoisotopic (exact) mass is 149 g/mol. The minimum Gasteiger partial charge on any atom is -0.399 e. The summed E-state index contributed by atoms with van der Waals surface area (Å²) in [5.41, 5.74) is 5.71. The molecule has 0 bridgehead atoms. The van der Waals surface area contributed by atoms with E-state index in [-0.39, 0.29) is 5.16 Å². The normalized spacial score (nSPS) is 12.7. The largest absolute Gasteiger partial charge is 0.399 e. The van der Waals surface area contributed by atoms with Crippen LogP contribution in [0.25, 0.3) is 0 Å². The van der Waals surface area contributed by atoms with Crippen molar-refractivity contribution in [1.82, 2.24) is 0 Å². The molecule has 4 heteroatoms. The third kappa shape index (κ3) is 2.95. The molecule has 0 aliphatic rings. The molecule has 2 N–H and O–H groups in total. The molecule has 9 heavy (non-hydrogen) atoms. The lowest BCUT2D eigenvalue weighted by molar-refractivity contribution is 0.251. The second-order valence-electron chi connectivity index (χ2n) is 2.62. The maximum atomic E-state index is 5.71. The van der Waals surface area contributed by atoms with E-state index in [1.807, 2.05) is 13.8 Å². The fourth-order valence-electron chi connectivity index (χ4n) is 0.704. The summed E-state index contributed by atoms with van der Waals surface area (Å²) in [6.45, 7) is 3.83. The van der Waals surface area contributed by atoms with Gasteiger partial charge in [0.15, 0.2) is 0 Å². The summed E-state index contributed by atoms with van der Waals surface area (Å²) in [6, 6.07) is 0. The third-order valence-corrected chi connectivity index (χ3v) is 3.11. The van der Waals surface area contributed by atoms with Gasteiger partial charge in [0.1, 0.15) is 0 Å². The lowest BCUT2D eigenvalue weighted by Crippen LogP contribution is -2.51. The molecule has 0 aromatic carbocycles. The molecule has 0 aromatic rings. The minimum atomic E-state index is -1.60. The van der Waals surface area contributed by atoms with E-state index in [1.54, 1.807) is 14.2 Å². The Bertz CT molecular complexity index is 77.5. The van der Waals surface area contributed by atoms with Crippen molar-refractivity contribution in [1.29, 1.82) is 0 Å². The Morgan fingerprint density at radius 3 is 1.56 bits per heavy atom. The fraction of sp³-hybridized carbons (Fsp3) is 1.00. The van der Waals surface area contributed by atoms with E-state index in [2.05, 4.69) is 0 Å². The average molecular weight is 149 g/mol. The zero-order chi connectivity index (χ0) is 7.49. The summed E-state index contributed by atoms with van der Waals surface area (Å²) >= 11 is 0. The molecule has 0 radical (unpaired) electrons. The van der Waals surface area contributed by atoms with Gasteiger partial charge in [-0.25, -0.2) is 0 Å². The molecule has 0 aromatic heterocycles. The molecule has 0 spiro atoms. The zero-order valence-corrected chi connectivity index (χ0v) is 7.63. The highest BCUT2D eigenvalue weighted by Crippen LogP contribution is 2.03. The first-order valence-corrected chi connectivity index (χ1v) is 4.39. The molecule has 0 fully saturated rings. The Labute approximate surface area is 58.0 Å². The van der Waals surface area contributed by atoms with E-state index >= 15 is 0 Å². The van der Waals surface area contributed by atoms with Crippen LogP contribution in [-0.4, -0.2) is 28.7 Å². The Morgan fingerprint density at radius 1 is 1.22 bits per heavy atom. The van der Waals surface area contributed by atoms with Crippen molar-refractivity contribution >= 4 is 9.28 Å². The third-order valence-electron chi connectivity index (χ3n) is 1.04. The molecule has 0 rings (SSSR count). The van der Waals surface area contributed by atoms with Gasteiger partial charge in [-0.3, -0.25) is 0 Å². The van der Waals surface area contributed by atoms with E-state index in [0.29, 0.717) is 0 Å². The molecule has 0 unspecified atom stereocenters. The van der Waals surface area contributed by atoms with Crippen LogP contribution in [0.5, 0.6) is 0 Å². The molecular formula is C5H15NO2Si. The SMILES string of the molecule is CO[SiH](OC)C(C)(C)N. The van der Waals surface area contributed by atoms with Gasteiger partial charge in [-0.2, -0.15) is 0 Å². The Hall–Kier alpha value is 0.0969. The fourth-order valence-corrected chi connectivity index (χ4v) is 2.11. The van der Waals surface area contributed by atoms with Crippen LogP contribution in [-0.2, 0) is 8.85 Å². The van der Waals surface area contributed by atoms with Gasteiger partial charge in [-0.15, -0.1) is 0 Å². The molecular weight excluding hydrogens is 134 g/mol. The van der Waals surface area contributed by atoms with Crippen molar-refractivity contribution in [3.8, 4) is 0 Å². The lowest BCUT2D eigenvalue weighted by Gasteiger charge is -2.24. The Morgan fingerprint density at radius 2 is 1.56 bits per heavy atom. The molecule has 0 amide bonds. The summed E-state index contributed by atoms with van der Waals surface area (Å²) < 4.78 is 10.1. The smallest absolute Gasteiger partial charge is 0.340 e. The van der Waals surface area contributed by atoms with Gasteiger partial charge in [0.25, 0.3) is 0 Å². The first kappa shape index (κ1) is 9.10. The van der Waals surface area contributed by atoms with Gasteiger partial charge < -0.3 is 14.6 Å². The summed E-state index contributed by atoms with van der Waals surface area (Å²) in [5, 5.41) is -0.288. The van der Waals surface area contributed by atoms with E-state index in [1.165, 1.54) is 0 Å². The lowest BCUT2D eigenvalue weighted by atomic mass is 10.4. The second kappa shape index (κ2) is 3.31. The van der Waals surface area contributed by atoms with Crippen molar-refractivity contribution in [2.24, 2.45) is 5.73 Å². The molecule has 0 aliphatic heterocycles. The number of nitrogens with two attached hydrogens (primary N) is 1. The topological polar surface area (TPSA) is 44.5 Å². The number of hydrogen-bond donors (Lipinski definition) is 1. The highest BCUT2D eigenvalue weighted by molar-refractivity contribution is 6.48. The first-order chi connectivity index (χ1) is 4.02. The van der Waals surface area contributed by atoms with Crippen LogP contribution in [0.15, 0.2) is 0 Å². The van der Waals surface area contributed by atoms with Crippen LogP contribution in [0.4, 0.5) is 0 Å². The first-order valence-electron chi connectivity index (χ1n) is 2.87. The van der Waals surface area contributed by atoms with Crippen molar-refractivity contribution in [3.63, 3.8) is 0 Å². The Kier molecular flexibility index (Phi) is 3.35. The van der Waals surface area contributed by atoms with Gasteiger partial charge in [-0.1, -0.05) is 0 Å². The molecule has 0 saturated heterocycles. The van der Waals surface area contributed by atoms with Crippen LogP contribution in [0.1, 0.15) is 13.8 Å². The molecule has 0 aliphatic carbocycles. The van der Waals surface area contributed by atoms with E-state index in [0.717, 1.165) is 0 Å². The minimum absolute atomic E-state index is 0.288. The van der Waals surface area contributed by atoms with Crippen LogP contribution in [0, 0.1) is 0 Å². The summed E-state index contributed by atoms with van der Waals surface area (Å²) in [5.74, 6) is 0. The molecule has 0 saturated carbocycles. The number of hydrogen-bond acceptors (Lipinski definition) is 3. The van der Waals surface area contributed by atoms with E-state index < -0.39 is 9.28 Å². The standard InChI is InChI=1S/C5H15NO2Si/c1-5(2,6)9(7-3)8-4/h9H,6H2,1-4H3. The second-order valence-corrected chi connectivity index (χ2v) is 5.72. The average Bonchev–Trinajstić information content (AvgIpc) is 1.65. The van der Waals surface area contributed by atoms with Gasteiger partial charge in [0, 0.05) is 14.2 Å². The van der Waals surface area contributed by atoms with Gasteiger partial charge in [0.2, 0.25) is 0 Å². The van der Waals surface area contributed by atoms with Crippen LogP contribution < -0.4 is 5.73 Å². The van der Waals surface area contributed by atoms with Crippen molar-refractivity contribution in [2.75, 3.05) is 14.2 Å². The van der Waals surface area contributed by atoms with Crippen molar-refractivity contribution in [2.45, 2.75) is 19.0 Å². The zero-order valence-electron chi connectivity index (χ0n) is 6.47. The van der Waals surface area contributed by atoms with Crippen LogP contribution >= 0.6 is 0 Å². The van der Waals surface area contributed by atoms with Gasteiger partial charge in [0.05, 0.1) is 5.16 Å². The maximum absolute atomic E-state index is 5.71. The molecule has 56 valence electrons. The molecule has 0 atom stereocenters. The van der Waals surface area contributed by atoms with Gasteiger partial charge in [-0.05, 0) is 13.8 Å². The summed E-state index contributed by atoms with van der Waals surface area (Å²) in [6.07, 6.45) is 0. The predicted molar refractivity (Wildman–Crippen MR) is 39.4 cm³/mol. The molecule has 0 heterocycles. The number of rotatable bonds is 3. The molecule has 3 nitrogen and oxygen atoms in total. The predicted octanol–water partition coefficient (Wildman–Crippen LogP) is -0.224. The van der Waals surface area contributed by atoms with Crippen LogP contribution in [0.2, 0.25) is 0 Å². The van der Waals surface area contributed by atoms with Crippen molar-refractivity contribution < 1.29 is 8.85 Å². The van der Waals surface area contributed by atoms with Gasteiger partial charge >= 0.3 is 9.28 Å². The van der Waals surface area contributed by atoms with Crippen LogP contribution in [0.3, 0.4) is 0 Å². The quantitative estimate of drug-likeness (QED) is 0.564. The Balaban J connectivity index is 3.79. The summed E-state index contributed by atoms with van der Waals surface area (Å²) in [7, 11) is 1.67. The maximum Gasteiger partial charge on any atom is 0.340 e.